The lowest BCUT2D eigenvalue weighted by atomic mass is 10.2. The molecule has 0 unspecified atom stereocenters. The zero-order chi connectivity index (χ0) is 20.3. The summed E-state index contributed by atoms with van der Waals surface area (Å²) in [6, 6.07) is 9.13. The van der Waals surface area contributed by atoms with Gasteiger partial charge in [0.2, 0.25) is 0 Å². The van der Waals surface area contributed by atoms with Crippen molar-refractivity contribution < 1.29 is 18.3 Å². The van der Waals surface area contributed by atoms with Crippen LogP contribution in [0.4, 0.5) is 8.78 Å². The van der Waals surface area contributed by atoms with Crippen molar-refractivity contribution in [3.05, 3.63) is 63.2 Å². The molecule has 0 fully saturated rings. The number of fused-ring (bicyclic) bond motifs is 1. The van der Waals surface area contributed by atoms with Crippen molar-refractivity contribution in [2.45, 2.75) is 13.5 Å². The van der Waals surface area contributed by atoms with Crippen LogP contribution in [0.5, 0.6) is 11.5 Å². The van der Waals surface area contributed by atoms with Gasteiger partial charge in [0.05, 0.1) is 22.5 Å². The molecule has 0 amide bonds. The smallest absolute Gasteiger partial charge is 0.387 e. The normalized spacial score (nSPS) is 11.9. The van der Waals surface area contributed by atoms with Crippen molar-refractivity contribution in [2.24, 2.45) is 0 Å². The van der Waals surface area contributed by atoms with E-state index in [0.29, 0.717) is 21.5 Å². The minimum absolute atomic E-state index is 0.0840. The number of ether oxygens (including phenoxy) is 2. The van der Waals surface area contributed by atoms with Crippen LogP contribution in [0.15, 0.2) is 41.2 Å². The van der Waals surface area contributed by atoms with Gasteiger partial charge in [-0.05, 0) is 48.9 Å². The molecule has 5 nitrogen and oxygen atoms in total. The molecule has 0 bridgehead atoms. The summed E-state index contributed by atoms with van der Waals surface area (Å²) in [6.07, 6.45) is 1.52. The Balaban J connectivity index is 1.99. The average molecular weight is 427 g/mol. The fourth-order valence-corrected chi connectivity index (χ4v) is 2.90. The third kappa shape index (κ3) is 4.61. The van der Waals surface area contributed by atoms with Crippen LogP contribution >= 0.6 is 23.2 Å². The second kappa shape index (κ2) is 8.58. The van der Waals surface area contributed by atoms with Gasteiger partial charge < -0.3 is 14.5 Å². The molecule has 0 spiro atoms. The first kappa shape index (κ1) is 20.1. The monoisotopic (exact) mass is 426 g/mol. The Morgan fingerprint density at radius 3 is 2.75 bits per heavy atom. The third-order valence-corrected chi connectivity index (χ3v) is 4.19. The van der Waals surface area contributed by atoms with Crippen molar-refractivity contribution in [1.29, 1.82) is 0 Å². The van der Waals surface area contributed by atoms with E-state index in [1.54, 1.807) is 19.1 Å². The van der Waals surface area contributed by atoms with Gasteiger partial charge in [-0.3, -0.25) is 4.79 Å². The lowest BCUT2D eigenvalue weighted by Crippen LogP contribution is -2.10. The van der Waals surface area contributed by atoms with E-state index in [9.17, 15) is 13.6 Å². The number of aromatic nitrogens is 2. The van der Waals surface area contributed by atoms with Gasteiger partial charge in [0.1, 0.15) is 0 Å². The molecule has 0 aliphatic heterocycles. The maximum absolute atomic E-state index is 12.5. The molecule has 1 N–H and O–H groups in total. The number of hydrogen-bond acceptors (Lipinski definition) is 4. The van der Waals surface area contributed by atoms with Crippen molar-refractivity contribution in [2.75, 3.05) is 6.61 Å². The molecule has 3 rings (SSSR count). The van der Waals surface area contributed by atoms with E-state index < -0.39 is 6.61 Å². The van der Waals surface area contributed by atoms with E-state index in [1.807, 2.05) is 0 Å². The van der Waals surface area contributed by atoms with Gasteiger partial charge in [-0.1, -0.05) is 29.3 Å². The van der Waals surface area contributed by atoms with Crippen LogP contribution in [0.3, 0.4) is 0 Å². The fraction of sp³-hybridized carbons (Fsp3) is 0.158. The molecule has 0 aliphatic rings. The van der Waals surface area contributed by atoms with Crippen LogP contribution in [-0.4, -0.2) is 23.2 Å². The summed E-state index contributed by atoms with van der Waals surface area (Å²) < 4.78 is 34.8. The van der Waals surface area contributed by atoms with E-state index >= 15 is 0 Å². The third-order valence-electron chi connectivity index (χ3n) is 3.67. The number of benzene rings is 2. The molecule has 146 valence electrons. The number of rotatable bonds is 6. The van der Waals surface area contributed by atoms with Crippen molar-refractivity contribution >= 4 is 45.2 Å². The Labute approximate surface area is 168 Å². The Hall–Kier alpha value is -2.64. The number of nitrogens with one attached hydrogen (secondary N) is 1. The minimum Gasteiger partial charge on any atom is -0.490 e. The molecule has 3 aromatic rings. The Bertz CT molecular complexity index is 1100. The van der Waals surface area contributed by atoms with Gasteiger partial charge in [0, 0.05) is 5.02 Å². The number of hydrogen-bond donors (Lipinski definition) is 1. The van der Waals surface area contributed by atoms with Crippen LogP contribution in [0.25, 0.3) is 22.0 Å². The quantitative estimate of drug-likeness (QED) is 0.579. The zero-order valence-corrected chi connectivity index (χ0v) is 16.0. The molecule has 2 aromatic carbocycles. The molecule has 0 radical (unpaired) electrons. The summed E-state index contributed by atoms with van der Waals surface area (Å²) >= 11 is 12.2. The summed E-state index contributed by atoms with van der Waals surface area (Å²) in [4.78, 5) is 19.2. The predicted molar refractivity (Wildman–Crippen MR) is 105 cm³/mol. The standard InChI is InChI=1S/C19H14Cl2F2N2O3/c1-2-27-16-8-10(3-6-15(16)28-19(22)23)7-13(21)17-24-14-5-4-11(20)9-12(14)18(26)25-17/h3-9,19H,2H2,1H3,(H,24,25,26)/b13-7-. The highest BCUT2D eigenvalue weighted by molar-refractivity contribution is 6.50. The van der Waals surface area contributed by atoms with Gasteiger partial charge >= 0.3 is 6.61 Å². The number of halogens is 4. The van der Waals surface area contributed by atoms with Crippen LogP contribution < -0.4 is 15.0 Å². The first-order chi connectivity index (χ1) is 13.4. The minimum atomic E-state index is -2.97. The van der Waals surface area contributed by atoms with Gasteiger partial charge in [0.15, 0.2) is 17.3 Å². The number of aromatic amines is 1. The van der Waals surface area contributed by atoms with E-state index in [-0.39, 0.29) is 34.5 Å². The van der Waals surface area contributed by atoms with Crippen LogP contribution in [-0.2, 0) is 0 Å². The summed E-state index contributed by atoms with van der Waals surface area (Å²) in [5.41, 5.74) is 0.601. The molecular weight excluding hydrogens is 413 g/mol. The maximum Gasteiger partial charge on any atom is 0.387 e. The van der Waals surface area contributed by atoms with Crippen molar-refractivity contribution in [3.63, 3.8) is 0 Å². The molecule has 0 atom stereocenters. The largest absolute Gasteiger partial charge is 0.490 e. The van der Waals surface area contributed by atoms with Crippen LogP contribution in [0.1, 0.15) is 18.3 Å². The Morgan fingerprint density at radius 1 is 1.25 bits per heavy atom. The number of nitrogens with zero attached hydrogens (tertiary/aromatic N) is 1. The van der Waals surface area contributed by atoms with Crippen molar-refractivity contribution in [1.82, 2.24) is 9.97 Å². The van der Waals surface area contributed by atoms with Crippen LogP contribution in [0, 0.1) is 0 Å². The lowest BCUT2D eigenvalue weighted by molar-refractivity contribution is -0.0514. The molecular formula is C19H14Cl2F2N2O3. The topological polar surface area (TPSA) is 64.2 Å². The van der Waals surface area contributed by atoms with E-state index in [4.69, 9.17) is 27.9 Å². The zero-order valence-electron chi connectivity index (χ0n) is 14.5. The lowest BCUT2D eigenvalue weighted by Gasteiger charge is -2.12. The summed E-state index contributed by atoms with van der Waals surface area (Å²) in [6.45, 7) is -0.982. The highest BCUT2D eigenvalue weighted by Crippen LogP contribution is 2.31. The highest BCUT2D eigenvalue weighted by Gasteiger charge is 2.12. The number of H-pyrrole nitrogens is 1. The first-order valence-electron chi connectivity index (χ1n) is 8.16. The summed E-state index contributed by atoms with van der Waals surface area (Å²) in [5, 5.41) is 0.913. The van der Waals surface area contributed by atoms with Gasteiger partial charge in [0.25, 0.3) is 5.56 Å². The van der Waals surface area contributed by atoms with E-state index in [0.717, 1.165) is 0 Å². The highest BCUT2D eigenvalue weighted by atomic mass is 35.5. The SMILES string of the molecule is CCOc1cc(/C=C(\Cl)c2nc3ccc(Cl)cc3c(=O)[nH]2)ccc1OC(F)F. The molecule has 1 aromatic heterocycles. The van der Waals surface area contributed by atoms with E-state index in [1.165, 1.54) is 30.3 Å². The maximum atomic E-state index is 12.5. The van der Waals surface area contributed by atoms with Crippen molar-refractivity contribution in [3.8, 4) is 11.5 Å². The van der Waals surface area contributed by atoms with E-state index in [2.05, 4.69) is 14.7 Å². The van der Waals surface area contributed by atoms with Gasteiger partial charge in [-0.15, -0.1) is 0 Å². The fourth-order valence-electron chi connectivity index (χ4n) is 2.51. The molecule has 1 heterocycles. The van der Waals surface area contributed by atoms with Gasteiger partial charge in [-0.2, -0.15) is 8.78 Å². The molecule has 0 saturated carbocycles. The number of alkyl halides is 2. The molecule has 0 saturated heterocycles. The molecule has 9 heteroatoms. The Morgan fingerprint density at radius 2 is 2.04 bits per heavy atom. The molecule has 28 heavy (non-hydrogen) atoms. The average Bonchev–Trinajstić information content (AvgIpc) is 2.64. The first-order valence-corrected chi connectivity index (χ1v) is 8.91. The summed E-state index contributed by atoms with van der Waals surface area (Å²) in [5.74, 6) is 0.224. The van der Waals surface area contributed by atoms with Gasteiger partial charge in [-0.25, -0.2) is 4.98 Å². The second-order valence-electron chi connectivity index (χ2n) is 5.59. The van der Waals surface area contributed by atoms with Crippen LogP contribution in [0.2, 0.25) is 5.02 Å². The summed E-state index contributed by atoms with van der Waals surface area (Å²) in [7, 11) is 0. The second-order valence-corrected chi connectivity index (χ2v) is 6.43. The Kier molecular flexibility index (Phi) is 6.16. The molecule has 0 aliphatic carbocycles. The predicted octanol–water partition coefficient (Wildman–Crippen LogP) is 5.31.